The van der Waals surface area contributed by atoms with E-state index in [0.717, 1.165) is 35.5 Å². The van der Waals surface area contributed by atoms with Crippen LogP contribution in [0, 0.1) is 46.3 Å². The second kappa shape index (κ2) is 7.55. The lowest BCUT2D eigenvalue weighted by Gasteiger charge is -2.59. The smallest absolute Gasteiger partial charge is 0.0264 e. The second-order valence-corrected chi connectivity index (χ2v) is 9.89. The van der Waals surface area contributed by atoms with Gasteiger partial charge in [0.15, 0.2) is 0 Å². The first-order valence-corrected chi connectivity index (χ1v) is 10.9. The molecule has 7 unspecified atom stereocenters. The van der Waals surface area contributed by atoms with Gasteiger partial charge < -0.3 is 0 Å². The van der Waals surface area contributed by atoms with Crippen molar-refractivity contribution in [3.63, 3.8) is 0 Å². The van der Waals surface area contributed by atoms with E-state index in [9.17, 15) is 0 Å². The molecular weight excluding hydrogens is 288 g/mol. The van der Waals surface area contributed by atoms with E-state index < -0.39 is 0 Å². The Morgan fingerprint density at radius 1 is 0.917 bits per heavy atom. The van der Waals surface area contributed by atoms with Crippen LogP contribution in [0.15, 0.2) is 13.2 Å². The van der Waals surface area contributed by atoms with Crippen LogP contribution in [0.5, 0.6) is 0 Å². The van der Waals surface area contributed by atoms with Crippen LogP contribution in [0.2, 0.25) is 0 Å². The number of hydrogen-bond acceptors (Lipinski definition) is 0. The van der Waals surface area contributed by atoms with Crippen LogP contribution in [0.3, 0.4) is 0 Å². The highest BCUT2D eigenvalue weighted by Crippen LogP contribution is 2.67. The molecule has 0 heterocycles. The summed E-state index contributed by atoms with van der Waals surface area (Å²) in [4.78, 5) is 0. The number of hydrogen-bond donors (Lipinski definition) is 0. The maximum Gasteiger partial charge on any atom is -0.0264 e. The van der Waals surface area contributed by atoms with Gasteiger partial charge in [-0.05, 0) is 84.9 Å². The van der Waals surface area contributed by atoms with Crippen molar-refractivity contribution in [2.24, 2.45) is 46.3 Å². The Balaban J connectivity index is 0.00000100. The minimum absolute atomic E-state index is 0.634. The maximum absolute atomic E-state index is 3.00. The molecule has 0 heteroatoms. The SMILES string of the molecule is C=C.CCC1CCC2C(CCC3(C)C(C(C)C)CCC23)C1(C)CC. The maximum atomic E-state index is 3.00. The normalized spacial score (nSPS) is 47.5. The lowest BCUT2D eigenvalue weighted by Crippen LogP contribution is -2.51. The molecule has 0 aliphatic heterocycles. The standard InChI is InChI=1S/C22H40.C2H4/c1-7-16-9-10-17-19-12-11-18(15(3)4)22(19,6)14-13-20(17)21(16,5)8-2;1-2/h15-20H,7-14H2,1-6H3;1-2H2. The minimum atomic E-state index is 0.634. The van der Waals surface area contributed by atoms with E-state index in [2.05, 4.69) is 54.7 Å². The highest BCUT2D eigenvalue weighted by Gasteiger charge is 2.58. The van der Waals surface area contributed by atoms with Crippen molar-refractivity contribution in [3.05, 3.63) is 13.2 Å². The minimum Gasteiger partial charge on any atom is -0.106 e. The van der Waals surface area contributed by atoms with E-state index in [1.54, 1.807) is 6.42 Å². The summed E-state index contributed by atoms with van der Waals surface area (Å²) in [6.07, 6.45) is 12.0. The fourth-order valence-electron chi connectivity index (χ4n) is 7.89. The van der Waals surface area contributed by atoms with Crippen LogP contribution in [0.4, 0.5) is 0 Å². The largest absolute Gasteiger partial charge is 0.106 e. The molecule has 24 heavy (non-hydrogen) atoms. The van der Waals surface area contributed by atoms with E-state index in [-0.39, 0.29) is 0 Å². The quantitative estimate of drug-likeness (QED) is 0.464. The monoisotopic (exact) mass is 332 g/mol. The highest BCUT2D eigenvalue weighted by atomic mass is 14.6. The third kappa shape index (κ3) is 2.90. The summed E-state index contributed by atoms with van der Waals surface area (Å²) in [5.41, 5.74) is 1.30. The molecule has 0 aromatic heterocycles. The van der Waals surface area contributed by atoms with Crippen LogP contribution in [0.25, 0.3) is 0 Å². The zero-order valence-corrected chi connectivity index (χ0v) is 17.5. The Morgan fingerprint density at radius 3 is 2.12 bits per heavy atom. The zero-order chi connectivity index (χ0) is 18.1. The molecule has 7 atom stereocenters. The average Bonchev–Trinajstić information content (AvgIpc) is 2.94. The van der Waals surface area contributed by atoms with Crippen molar-refractivity contribution < 1.29 is 0 Å². The van der Waals surface area contributed by atoms with Crippen molar-refractivity contribution in [1.29, 1.82) is 0 Å². The first kappa shape index (κ1) is 20.1. The second-order valence-electron chi connectivity index (χ2n) is 9.89. The molecule has 0 aromatic rings. The molecule has 3 aliphatic carbocycles. The van der Waals surface area contributed by atoms with Gasteiger partial charge in [-0.1, -0.05) is 54.4 Å². The Labute approximate surface area is 152 Å². The predicted molar refractivity (Wildman–Crippen MR) is 108 cm³/mol. The fourth-order valence-corrected chi connectivity index (χ4v) is 7.89. The first-order valence-electron chi connectivity index (χ1n) is 10.9. The molecule has 0 bridgehead atoms. The van der Waals surface area contributed by atoms with Crippen LogP contribution >= 0.6 is 0 Å². The summed E-state index contributed by atoms with van der Waals surface area (Å²) in [7, 11) is 0. The molecule has 0 nitrogen and oxygen atoms in total. The van der Waals surface area contributed by atoms with E-state index in [4.69, 9.17) is 0 Å². The molecule has 0 radical (unpaired) electrons. The summed E-state index contributed by atoms with van der Waals surface area (Å²) in [6, 6.07) is 0. The van der Waals surface area contributed by atoms with Crippen LogP contribution in [-0.4, -0.2) is 0 Å². The summed E-state index contributed by atoms with van der Waals surface area (Å²) in [5.74, 6) is 5.99. The summed E-state index contributed by atoms with van der Waals surface area (Å²) < 4.78 is 0. The zero-order valence-electron chi connectivity index (χ0n) is 17.5. The van der Waals surface area contributed by atoms with Crippen molar-refractivity contribution in [2.75, 3.05) is 0 Å². The van der Waals surface area contributed by atoms with Gasteiger partial charge in [0.2, 0.25) is 0 Å². The van der Waals surface area contributed by atoms with Gasteiger partial charge in [0.25, 0.3) is 0 Å². The summed E-state index contributed by atoms with van der Waals surface area (Å²) in [6.45, 7) is 21.2. The van der Waals surface area contributed by atoms with E-state index >= 15 is 0 Å². The summed E-state index contributed by atoms with van der Waals surface area (Å²) in [5, 5.41) is 0. The van der Waals surface area contributed by atoms with Crippen molar-refractivity contribution >= 4 is 0 Å². The van der Waals surface area contributed by atoms with Crippen LogP contribution < -0.4 is 0 Å². The Hall–Kier alpha value is -0.260. The molecule has 0 aromatic carbocycles. The molecule has 3 saturated carbocycles. The molecule has 3 aliphatic rings. The third-order valence-electron chi connectivity index (χ3n) is 9.20. The van der Waals surface area contributed by atoms with Gasteiger partial charge in [-0.25, -0.2) is 0 Å². The van der Waals surface area contributed by atoms with Gasteiger partial charge in [-0.3, -0.25) is 0 Å². The van der Waals surface area contributed by atoms with Gasteiger partial charge in [-0.15, -0.1) is 13.2 Å². The van der Waals surface area contributed by atoms with Gasteiger partial charge >= 0.3 is 0 Å². The molecular formula is C24H44. The van der Waals surface area contributed by atoms with Crippen LogP contribution in [0.1, 0.15) is 92.9 Å². The summed E-state index contributed by atoms with van der Waals surface area (Å²) >= 11 is 0. The van der Waals surface area contributed by atoms with E-state index in [1.165, 1.54) is 44.9 Å². The number of fused-ring (bicyclic) bond motifs is 3. The van der Waals surface area contributed by atoms with Crippen molar-refractivity contribution in [1.82, 2.24) is 0 Å². The lowest BCUT2D eigenvalue weighted by atomic mass is 9.46. The van der Waals surface area contributed by atoms with Gasteiger partial charge in [0.1, 0.15) is 0 Å². The number of rotatable bonds is 3. The first-order chi connectivity index (χ1) is 11.4. The molecule has 0 N–H and O–H groups in total. The average molecular weight is 333 g/mol. The van der Waals surface area contributed by atoms with E-state index in [1.807, 2.05) is 0 Å². The molecule has 0 saturated heterocycles. The highest BCUT2D eigenvalue weighted by molar-refractivity contribution is 5.08. The Morgan fingerprint density at radius 2 is 1.58 bits per heavy atom. The molecule has 0 spiro atoms. The Kier molecular flexibility index (Phi) is 6.31. The lowest BCUT2D eigenvalue weighted by molar-refractivity contribution is -0.102. The molecule has 0 amide bonds. The van der Waals surface area contributed by atoms with Crippen molar-refractivity contribution in [2.45, 2.75) is 92.9 Å². The third-order valence-corrected chi connectivity index (χ3v) is 9.20. The van der Waals surface area contributed by atoms with Gasteiger partial charge in [0.05, 0.1) is 0 Å². The Bertz CT molecular complexity index is 410. The van der Waals surface area contributed by atoms with Gasteiger partial charge in [-0.2, -0.15) is 0 Å². The van der Waals surface area contributed by atoms with Crippen molar-refractivity contribution in [3.8, 4) is 0 Å². The molecule has 140 valence electrons. The van der Waals surface area contributed by atoms with Crippen LogP contribution in [-0.2, 0) is 0 Å². The fraction of sp³-hybridized carbons (Fsp3) is 0.917. The topological polar surface area (TPSA) is 0 Å². The predicted octanol–water partition coefficient (Wildman–Crippen LogP) is 7.74. The van der Waals surface area contributed by atoms with E-state index in [0.29, 0.717) is 10.8 Å². The molecule has 3 fully saturated rings. The van der Waals surface area contributed by atoms with Gasteiger partial charge in [0, 0.05) is 0 Å². The molecule has 3 rings (SSSR count).